The topological polar surface area (TPSA) is 66.8 Å². The summed E-state index contributed by atoms with van der Waals surface area (Å²) in [7, 11) is 0. The van der Waals surface area contributed by atoms with Gasteiger partial charge >= 0.3 is 0 Å². The van der Waals surface area contributed by atoms with Crippen LogP contribution in [0.1, 0.15) is 56.0 Å². The van der Waals surface area contributed by atoms with Crippen LogP contribution in [0, 0.1) is 6.92 Å². The van der Waals surface area contributed by atoms with Gasteiger partial charge < -0.3 is 9.84 Å². The average molecular weight is 538 g/mol. The van der Waals surface area contributed by atoms with E-state index in [1.807, 2.05) is 38.1 Å². The Hall–Kier alpha value is -3.28. The molecule has 3 aromatic carbocycles. The molecule has 192 valence electrons. The lowest BCUT2D eigenvalue weighted by Crippen LogP contribution is -2.30. The van der Waals surface area contributed by atoms with Crippen LogP contribution >= 0.6 is 23.2 Å². The number of halogens is 2. The highest BCUT2D eigenvalue weighted by molar-refractivity contribution is 6.52. The SMILES string of the molecule is CCOc1cc(/C(O)=C2\C(=O)C(=O)N(c3ccc(Cl)cc3C)C2c2ccc(C(C)(C)C)cc2)ccc1Cl. The zero-order valence-corrected chi connectivity index (χ0v) is 22.9. The molecule has 1 amide bonds. The summed E-state index contributed by atoms with van der Waals surface area (Å²) < 4.78 is 5.57. The summed E-state index contributed by atoms with van der Waals surface area (Å²) in [6.45, 7) is 10.4. The molecule has 0 bridgehead atoms. The number of anilines is 1. The molecule has 37 heavy (non-hydrogen) atoms. The summed E-state index contributed by atoms with van der Waals surface area (Å²) in [6.07, 6.45) is 0. The Morgan fingerprint density at radius 1 is 1.00 bits per heavy atom. The van der Waals surface area contributed by atoms with E-state index < -0.39 is 17.7 Å². The number of nitrogens with zero attached hydrogens (tertiary/aromatic N) is 1. The number of carbonyl (C=O) groups is 2. The maximum Gasteiger partial charge on any atom is 0.300 e. The number of carbonyl (C=O) groups excluding carboxylic acids is 2. The minimum Gasteiger partial charge on any atom is -0.507 e. The van der Waals surface area contributed by atoms with E-state index in [4.69, 9.17) is 27.9 Å². The smallest absolute Gasteiger partial charge is 0.300 e. The fraction of sp³-hybridized carbons (Fsp3) is 0.267. The van der Waals surface area contributed by atoms with Gasteiger partial charge in [-0.15, -0.1) is 0 Å². The van der Waals surface area contributed by atoms with Crippen molar-refractivity contribution in [3.63, 3.8) is 0 Å². The van der Waals surface area contributed by atoms with Crippen molar-refractivity contribution >= 4 is 46.3 Å². The van der Waals surface area contributed by atoms with E-state index in [0.717, 1.165) is 11.1 Å². The Bertz CT molecular complexity index is 1400. The molecule has 1 saturated heterocycles. The summed E-state index contributed by atoms with van der Waals surface area (Å²) in [4.78, 5) is 28.4. The lowest BCUT2D eigenvalue weighted by atomic mass is 9.85. The number of Topliss-reactive ketones (excluding diaryl/α,β-unsaturated/α-hetero) is 1. The largest absolute Gasteiger partial charge is 0.507 e. The average Bonchev–Trinajstić information content (AvgIpc) is 3.10. The maximum atomic E-state index is 13.5. The minimum absolute atomic E-state index is 0.00682. The quantitative estimate of drug-likeness (QED) is 0.206. The monoisotopic (exact) mass is 537 g/mol. The molecule has 7 heteroatoms. The molecule has 1 atom stereocenters. The Kier molecular flexibility index (Phi) is 7.40. The molecule has 0 radical (unpaired) electrons. The van der Waals surface area contributed by atoms with Crippen LogP contribution in [0.4, 0.5) is 5.69 Å². The molecule has 4 rings (SSSR count). The Morgan fingerprint density at radius 2 is 1.68 bits per heavy atom. The van der Waals surface area contributed by atoms with Gasteiger partial charge in [0, 0.05) is 16.3 Å². The number of aryl methyl sites for hydroxylation is 1. The number of hydrogen-bond donors (Lipinski definition) is 1. The molecule has 5 nitrogen and oxygen atoms in total. The summed E-state index contributed by atoms with van der Waals surface area (Å²) >= 11 is 12.4. The second kappa shape index (κ2) is 10.2. The molecular formula is C30H29Cl2NO4. The molecule has 1 unspecified atom stereocenters. The van der Waals surface area contributed by atoms with Crippen LogP contribution in [0.25, 0.3) is 5.76 Å². The lowest BCUT2D eigenvalue weighted by molar-refractivity contribution is -0.132. The second-order valence-electron chi connectivity index (χ2n) is 10.1. The van der Waals surface area contributed by atoms with Gasteiger partial charge in [0.25, 0.3) is 11.7 Å². The van der Waals surface area contributed by atoms with Crippen LogP contribution in [0.5, 0.6) is 5.75 Å². The molecule has 1 fully saturated rings. The van der Waals surface area contributed by atoms with Gasteiger partial charge in [0.1, 0.15) is 11.5 Å². The van der Waals surface area contributed by atoms with Crippen molar-refractivity contribution in [3.8, 4) is 5.75 Å². The first-order valence-corrected chi connectivity index (χ1v) is 12.8. The summed E-state index contributed by atoms with van der Waals surface area (Å²) in [5, 5.41) is 12.3. The standard InChI is InChI=1S/C30H29Cl2NO4/c1-6-37-24-16-19(9-13-22(24)32)27(34)25-26(18-7-10-20(11-8-18)30(3,4)5)33(29(36)28(25)35)23-14-12-21(31)15-17(23)2/h7-16,26,34H,6H2,1-5H3/b27-25+. The van der Waals surface area contributed by atoms with E-state index in [-0.39, 0.29) is 16.7 Å². The zero-order valence-electron chi connectivity index (χ0n) is 21.4. The molecule has 1 heterocycles. The van der Waals surface area contributed by atoms with Gasteiger partial charge in [-0.2, -0.15) is 0 Å². The van der Waals surface area contributed by atoms with Crippen molar-refractivity contribution in [3.05, 3.63) is 98.5 Å². The molecule has 0 saturated carbocycles. The number of benzene rings is 3. The summed E-state index contributed by atoms with van der Waals surface area (Å²) in [5.74, 6) is -1.42. The van der Waals surface area contributed by atoms with Crippen molar-refractivity contribution in [2.45, 2.75) is 46.1 Å². The predicted molar refractivity (Wildman–Crippen MR) is 149 cm³/mol. The van der Waals surface area contributed by atoms with E-state index in [0.29, 0.717) is 39.2 Å². The number of aliphatic hydroxyl groups is 1. The van der Waals surface area contributed by atoms with Gasteiger partial charge in [-0.3, -0.25) is 14.5 Å². The molecule has 0 aromatic heterocycles. The number of aliphatic hydroxyl groups excluding tert-OH is 1. The summed E-state index contributed by atoms with van der Waals surface area (Å²) in [6, 6.07) is 16.8. The van der Waals surface area contributed by atoms with Crippen molar-refractivity contribution in [1.82, 2.24) is 0 Å². The van der Waals surface area contributed by atoms with Crippen LogP contribution in [-0.4, -0.2) is 23.4 Å². The third-order valence-corrected chi connectivity index (χ3v) is 7.01. The third kappa shape index (κ3) is 5.11. The van der Waals surface area contributed by atoms with Crippen molar-refractivity contribution in [2.75, 3.05) is 11.5 Å². The van der Waals surface area contributed by atoms with Gasteiger partial charge in [-0.1, -0.05) is 68.2 Å². The second-order valence-corrected chi connectivity index (χ2v) is 10.9. The predicted octanol–water partition coefficient (Wildman–Crippen LogP) is 7.62. The number of amides is 1. The number of hydrogen-bond acceptors (Lipinski definition) is 4. The number of ether oxygens (including phenoxy) is 1. The van der Waals surface area contributed by atoms with Gasteiger partial charge in [-0.05, 0) is 72.4 Å². The molecule has 1 aliphatic rings. The van der Waals surface area contributed by atoms with E-state index >= 15 is 0 Å². The summed E-state index contributed by atoms with van der Waals surface area (Å²) in [5.41, 5.74) is 3.32. The van der Waals surface area contributed by atoms with Crippen LogP contribution in [0.2, 0.25) is 10.0 Å². The normalized spacial score (nSPS) is 17.4. The van der Waals surface area contributed by atoms with Crippen LogP contribution in [-0.2, 0) is 15.0 Å². The first-order chi connectivity index (χ1) is 17.4. The fourth-order valence-corrected chi connectivity index (χ4v) is 4.92. The molecular weight excluding hydrogens is 509 g/mol. The van der Waals surface area contributed by atoms with Crippen LogP contribution < -0.4 is 9.64 Å². The Balaban J connectivity index is 1.95. The van der Waals surface area contributed by atoms with Gasteiger partial charge in [0.05, 0.1) is 23.2 Å². The number of ketones is 1. The fourth-order valence-electron chi connectivity index (χ4n) is 4.52. The molecule has 0 aliphatic carbocycles. The first kappa shape index (κ1) is 26.8. The zero-order chi connectivity index (χ0) is 27.1. The van der Waals surface area contributed by atoms with E-state index in [9.17, 15) is 14.7 Å². The molecule has 1 N–H and O–H groups in total. The van der Waals surface area contributed by atoms with Gasteiger partial charge in [0.2, 0.25) is 0 Å². The van der Waals surface area contributed by atoms with Crippen molar-refractivity contribution in [2.24, 2.45) is 0 Å². The van der Waals surface area contributed by atoms with Gasteiger partial charge in [0.15, 0.2) is 0 Å². The highest BCUT2D eigenvalue weighted by atomic mass is 35.5. The van der Waals surface area contributed by atoms with E-state index in [2.05, 4.69) is 20.8 Å². The highest BCUT2D eigenvalue weighted by Gasteiger charge is 2.47. The number of rotatable bonds is 5. The molecule has 1 aliphatic heterocycles. The third-order valence-electron chi connectivity index (χ3n) is 6.46. The van der Waals surface area contributed by atoms with Crippen molar-refractivity contribution in [1.29, 1.82) is 0 Å². The minimum atomic E-state index is -0.847. The Morgan fingerprint density at radius 3 is 2.27 bits per heavy atom. The molecule has 3 aromatic rings. The van der Waals surface area contributed by atoms with Gasteiger partial charge in [-0.25, -0.2) is 0 Å². The lowest BCUT2D eigenvalue weighted by Gasteiger charge is -2.28. The first-order valence-electron chi connectivity index (χ1n) is 12.0. The van der Waals surface area contributed by atoms with Crippen molar-refractivity contribution < 1.29 is 19.4 Å². The maximum absolute atomic E-state index is 13.5. The molecule has 0 spiro atoms. The Labute approximate surface area is 227 Å². The van der Waals surface area contributed by atoms with Crippen LogP contribution in [0.3, 0.4) is 0 Å². The van der Waals surface area contributed by atoms with Crippen LogP contribution in [0.15, 0.2) is 66.2 Å². The van der Waals surface area contributed by atoms with E-state index in [1.165, 1.54) is 4.90 Å². The highest BCUT2D eigenvalue weighted by Crippen LogP contribution is 2.44. The van der Waals surface area contributed by atoms with E-state index in [1.54, 1.807) is 36.4 Å².